The fourth-order valence-electron chi connectivity index (χ4n) is 14.9. The number of rotatable bonds is 41. The summed E-state index contributed by atoms with van der Waals surface area (Å²) >= 11 is 0. The van der Waals surface area contributed by atoms with E-state index in [9.17, 15) is 67.2 Å². The molecule has 2 aliphatic heterocycles. The molecule has 27 heteroatoms. The molecule has 0 spiro atoms. The molecule has 2 saturated heterocycles. The van der Waals surface area contributed by atoms with Gasteiger partial charge in [-0.2, -0.15) is 0 Å². The van der Waals surface area contributed by atoms with E-state index in [0.29, 0.717) is 25.9 Å². The maximum Gasteiger partial charge on any atom is 0.318 e. The number of hydrogen-bond donors (Lipinski definition) is 6. The van der Waals surface area contributed by atoms with E-state index in [1.165, 1.54) is 46.9 Å². The Morgan fingerprint density at radius 1 is 0.667 bits per heavy atom. The van der Waals surface area contributed by atoms with Crippen LogP contribution in [0, 0.1) is 93.2 Å². The Balaban J connectivity index is 1.77. The summed E-state index contributed by atoms with van der Waals surface area (Å²) in [6, 6.07) is 8.35. The van der Waals surface area contributed by atoms with Crippen LogP contribution in [0.2, 0.25) is 0 Å². The second kappa shape index (κ2) is 34.3. The second-order valence-electron chi connectivity index (χ2n) is 30.8. The number of phenolic OH excluding ortho intramolecular Hbond substituents is 1. The SMILES string of the molecule is CCOC(=O)C(C(CC(C)(C)C1C(=O)OC(=O)C1C)C(=O)O)C(C)(C)CC(C(=O)O)C(C(=O)NCCCN(C)C)C(C)(C)CCC1C(=O)N(CCCN(C)C)C(=O)C1C(C)(C)CC(C(=O)O)C(C(=O)OCCNS(=O)(=O)c1cc(C(=O)c2ccc(C)cc2)c(O)cc1OC)C(C)(C)CC. The molecule has 2 heterocycles. The van der Waals surface area contributed by atoms with Crippen molar-refractivity contribution in [3.8, 4) is 11.5 Å². The lowest BCUT2D eigenvalue weighted by atomic mass is 9.58. The van der Waals surface area contributed by atoms with Crippen LogP contribution in [0.3, 0.4) is 0 Å². The first-order valence-electron chi connectivity index (χ1n) is 33.9. The van der Waals surface area contributed by atoms with Crippen LogP contribution in [0.15, 0.2) is 41.3 Å². The summed E-state index contributed by atoms with van der Waals surface area (Å²) in [5.74, 6) is -25.4. The summed E-state index contributed by atoms with van der Waals surface area (Å²) in [6.07, 6.45) is -0.477. The summed E-state index contributed by atoms with van der Waals surface area (Å²) in [5, 5.41) is 47.5. The van der Waals surface area contributed by atoms with E-state index in [2.05, 4.69) is 10.0 Å². The second-order valence-corrected chi connectivity index (χ2v) is 32.5. The van der Waals surface area contributed by atoms with Gasteiger partial charge in [0.1, 0.15) is 23.0 Å². The van der Waals surface area contributed by atoms with Crippen molar-refractivity contribution in [3.05, 3.63) is 53.1 Å². The third kappa shape index (κ3) is 20.9. The number of benzene rings is 2. The first-order chi connectivity index (χ1) is 45.7. The van der Waals surface area contributed by atoms with E-state index in [-0.39, 0.29) is 68.7 Å². The number of cyclic esters (lactones) is 2. The van der Waals surface area contributed by atoms with Crippen molar-refractivity contribution in [2.24, 2.45) is 86.3 Å². The number of sulfonamides is 1. The first-order valence-corrected chi connectivity index (χ1v) is 35.4. The van der Waals surface area contributed by atoms with Crippen molar-refractivity contribution in [1.82, 2.24) is 24.7 Å². The molecule has 4 rings (SSSR count). The number of carboxylic acid groups (broad SMARTS) is 3. The number of phenols is 1. The number of carbonyl (C=O) groups excluding carboxylic acids is 8. The third-order valence-electron chi connectivity index (χ3n) is 20.4. The van der Waals surface area contributed by atoms with Crippen molar-refractivity contribution in [3.63, 3.8) is 0 Å². The number of aromatic hydroxyl groups is 1. The van der Waals surface area contributed by atoms with Crippen LogP contribution >= 0.6 is 0 Å². The van der Waals surface area contributed by atoms with E-state index in [4.69, 9.17) is 18.9 Å². The Hall–Kier alpha value is -7.36. The van der Waals surface area contributed by atoms with Crippen molar-refractivity contribution in [2.45, 2.75) is 153 Å². The van der Waals surface area contributed by atoms with E-state index >= 15 is 14.4 Å². The zero-order valence-electron chi connectivity index (χ0n) is 61.3. The number of methoxy groups -OCH3 is 1. The molecule has 26 nitrogen and oxygen atoms in total. The molecule has 0 aromatic heterocycles. The van der Waals surface area contributed by atoms with Gasteiger partial charge in [-0.25, -0.2) is 13.1 Å². The number of esters is 4. The molecule has 99 heavy (non-hydrogen) atoms. The van der Waals surface area contributed by atoms with Crippen LogP contribution in [0.1, 0.15) is 163 Å². The average molecular weight is 1410 g/mol. The minimum absolute atomic E-state index is 0.0231. The van der Waals surface area contributed by atoms with E-state index in [1.807, 2.05) is 44.9 Å². The molecule has 2 aromatic rings. The molecule has 0 bridgehead atoms. The molecular formula is C72H109N5O21S. The van der Waals surface area contributed by atoms with E-state index in [0.717, 1.165) is 22.6 Å². The summed E-state index contributed by atoms with van der Waals surface area (Å²) in [6.45, 7) is 22.4. The molecule has 6 N–H and O–H groups in total. The predicted octanol–water partition coefficient (Wildman–Crippen LogP) is 7.72. The molecule has 2 aromatic carbocycles. The van der Waals surface area contributed by atoms with Crippen molar-refractivity contribution in [2.75, 3.05) is 81.2 Å². The highest BCUT2D eigenvalue weighted by Crippen LogP contribution is 2.53. The highest BCUT2D eigenvalue weighted by atomic mass is 32.2. The Bertz CT molecular complexity index is 3390. The van der Waals surface area contributed by atoms with Crippen molar-refractivity contribution < 1.29 is 101 Å². The molecule has 2 aliphatic rings. The molecular weight excluding hydrogens is 1300 g/mol. The number of nitrogens with one attached hydrogen (secondary N) is 2. The standard InChI is InChI=1S/C72H109N5O21S/c1-20-68(5,6)55(66(91)97-35-31-74-99(93,94)51-36-45(49(78)37-50(51)95-19)57(79)43-26-24-41(3)25-27-43)47(62(85)86)40-71(11,12)54-44(59(81)77(60(54)82)34-23-33-76(17)18)28-29-69(7,8)53(58(80)73-30-22-32-75(15)16)46(61(83)84)38-72(13,14)56(65(90)96-21-2)48(63(87)88)39-70(9,10)52-42(4)64(89)98-67(52)92/h24-27,36-37,42,44,46-48,52-56,74,78H,20-23,28-35,38-40H2,1-19H3,(H,73,80)(H,83,84)(H,85,86)(H,87,88). The highest BCUT2D eigenvalue weighted by molar-refractivity contribution is 7.89. The zero-order chi connectivity index (χ0) is 75.4. The minimum atomic E-state index is -4.57. The maximum atomic E-state index is 15.2. The summed E-state index contributed by atoms with van der Waals surface area (Å²) < 4.78 is 51.6. The molecule has 0 aliphatic carbocycles. The number of amides is 3. The number of carboxylic acids is 3. The number of hydrogen-bond acceptors (Lipinski definition) is 20. The highest BCUT2D eigenvalue weighted by Gasteiger charge is 2.59. The molecule has 3 amide bonds. The Labute approximate surface area is 583 Å². The van der Waals surface area contributed by atoms with Crippen molar-refractivity contribution >= 4 is 75.3 Å². The van der Waals surface area contributed by atoms with Crippen LogP contribution in [0.4, 0.5) is 0 Å². The average Bonchev–Trinajstić information content (AvgIpc) is 1.69. The number of aliphatic carboxylic acids is 3. The minimum Gasteiger partial charge on any atom is -0.507 e. The van der Waals surface area contributed by atoms with E-state index < -0.39 is 192 Å². The lowest BCUT2D eigenvalue weighted by molar-refractivity contribution is -0.168. The van der Waals surface area contributed by atoms with Gasteiger partial charge in [0.05, 0.1) is 78.5 Å². The van der Waals surface area contributed by atoms with Gasteiger partial charge in [0.15, 0.2) is 5.78 Å². The quantitative estimate of drug-likeness (QED) is 0.00926. The topological polar surface area (TPSA) is 374 Å². The van der Waals surface area contributed by atoms with E-state index in [1.54, 1.807) is 74.4 Å². The molecule has 0 radical (unpaired) electrons. The van der Waals surface area contributed by atoms with Crippen LogP contribution in [-0.4, -0.2) is 190 Å². The van der Waals surface area contributed by atoms with Gasteiger partial charge < -0.3 is 54.5 Å². The number of imide groups is 1. The third-order valence-corrected chi connectivity index (χ3v) is 21.9. The van der Waals surface area contributed by atoms with Gasteiger partial charge in [0.2, 0.25) is 27.7 Å². The number of ether oxygens (including phenoxy) is 4. The van der Waals surface area contributed by atoms with Crippen LogP contribution in [-0.2, 0) is 72.2 Å². The van der Waals surface area contributed by atoms with Crippen LogP contribution < -0.4 is 14.8 Å². The Morgan fingerprint density at radius 3 is 1.68 bits per heavy atom. The fraction of sp³-hybridized carbons (Fsp3) is 0.681. The van der Waals surface area contributed by atoms with Crippen LogP contribution in [0.5, 0.6) is 11.5 Å². The molecule has 0 saturated carbocycles. The monoisotopic (exact) mass is 1410 g/mol. The summed E-state index contributed by atoms with van der Waals surface area (Å²) in [7, 11) is 3.91. The molecule has 2 fully saturated rings. The van der Waals surface area contributed by atoms with Gasteiger partial charge in [0.25, 0.3) is 0 Å². The lowest BCUT2D eigenvalue weighted by Crippen LogP contribution is -2.50. The smallest absolute Gasteiger partial charge is 0.318 e. The molecule has 10 unspecified atom stereocenters. The van der Waals surface area contributed by atoms with Gasteiger partial charge in [-0.3, -0.25) is 57.6 Å². The number of ketones is 1. The number of carbonyl (C=O) groups is 11. The van der Waals surface area contributed by atoms with Crippen molar-refractivity contribution in [1.29, 1.82) is 0 Å². The summed E-state index contributed by atoms with van der Waals surface area (Å²) in [5.41, 5.74) is -6.16. The van der Waals surface area contributed by atoms with Gasteiger partial charge in [-0.05, 0) is 133 Å². The molecule has 10 atom stereocenters. The largest absolute Gasteiger partial charge is 0.507 e. The number of aryl methyl sites for hydroxylation is 1. The Kier molecular flexibility index (Phi) is 29.2. The van der Waals surface area contributed by atoms with Gasteiger partial charge in [-0.15, -0.1) is 0 Å². The van der Waals surface area contributed by atoms with Gasteiger partial charge in [-0.1, -0.05) is 119 Å². The lowest BCUT2D eigenvalue weighted by Gasteiger charge is -2.44. The normalized spacial score (nSPS) is 19.1. The van der Waals surface area contributed by atoms with Gasteiger partial charge >= 0.3 is 41.8 Å². The number of nitrogens with zero attached hydrogens (tertiary/aromatic N) is 3. The van der Waals surface area contributed by atoms with Gasteiger partial charge in [0, 0.05) is 31.3 Å². The Morgan fingerprint density at radius 2 is 1.18 bits per heavy atom. The van der Waals surface area contributed by atoms with Crippen LogP contribution in [0.25, 0.3) is 0 Å². The predicted molar refractivity (Wildman–Crippen MR) is 365 cm³/mol. The fourth-order valence-corrected chi connectivity index (χ4v) is 16.1. The first kappa shape index (κ1) is 84.1. The zero-order valence-corrected chi connectivity index (χ0v) is 62.1. The molecule has 554 valence electrons. The number of likely N-dealkylation sites (tertiary alicyclic amines) is 1. The summed E-state index contributed by atoms with van der Waals surface area (Å²) in [4.78, 5) is 160. The maximum absolute atomic E-state index is 15.2.